The normalized spacial score (nSPS) is 22.5. The maximum atomic E-state index is 13.2. The molecule has 2 heterocycles. The number of nitrogens with zero attached hydrogens (tertiary/aromatic N) is 1. The zero-order valence-electron chi connectivity index (χ0n) is 17.6. The highest BCUT2D eigenvalue weighted by molar-refractivity contribution is 7.89. The minimum Gasteiger partial charge on any atom is -0.322 e. The van der Waals surface area contributed by atoms with E-state index in [1.807, 2.05) is 30.3 Å². The van der Waals surface area contributed by atoms with Crippen LogP contribution in [0, 0.1) is 5.82 Å². The second-order valence-electron chi connectivity index (χ2n) is 8.46. The Morgan fingerprint density at radius 2 is 1.66 bits per heavy atom. The monoisotopic (exact) mass is 459 g/mol. The number of carbonyl (C=O) groups excluding carboxylic acids is 2. The summed E-state index contributed by atoms with van der Waals surface area (Å²) in [6.45, 7) is 0.628. The number of urea groups is 1. The van der Waals surface area contributed by atoms with Gasteiger partial charge >= 0.3 is 6.03 Å². The molecule has 0 spiro atoms. The molecule has 1 unspecified atom stereocenters. The van der Waals surface area contributed by atoms with Crippen molar-refractivity contribution in [3.05, 3.63) is 71.5 Å². The second-order valence-corrected chi connectivity index (χ2v) is 10.4. The number of amides is 3. The lowest BCUT2D eigenvalue weighted by atomic mass is 9.90. The van der Waals surface area contributed by atoms with E-state index in [2.05, 4.69) is 10.6 Å². The lowest BCUT2D eigenvalue weighted by Gasteiger charge is -2.34. The van der Waals surface area contributed by atoms with Gasteiger partial charge in [-0.15, -0.1) is 0 Å². The molecule has 2 aliphatic rings. The number of carbonyl (C=O) groups is 2. The van der Waals surface area contributed by atoms with Crippen LogP contribution >= 0.6 is 0 Å². The molecule has 170 valence electrons. The van der Waals surface area contributed by atoms with Crippen LogP contribution in [0.5, 0.6) is 0 Å². The topological polar surface area (TPSA) is 95.6 Å². The number of benzene rings is 2. The third-order valence-corrected chi connectivity index (χ3v) is 8.32. The van der Waals surface area contributed by atoms with Crippen molar-refractivity contribution >= 4 is 22.0 Å². The third kappa shape index (κ3) is 4.83. The molecule has 9 heteroatoms. The highest BCUT2D eigenvalue weighted by Gasteiger charge is 2.50. The van der Waals surface area contributed by atoms with E-state index in [4.69, 9.17) is 0 Å². The van der Waals surface area contributed by atoms with Crippen LogP contribution in [0.2, 0.25) is 0 Å². The van der Waals surface area contributed by atoms with Gasteiger partial charge in [-0.2, -0.15) is 0 Å². The molecule has 0 bridgehead atoms. The van der Waals surface area contributed by atoms with Crippen molar-refractivity contribution in [3.8, 4) is 0 Å². The third-order valence-electron chi connectivity index (χ3n) is 6.32. The van der Waals surface area contributed by atoms with Crippen LogP contribution in [0.15, 0.2) is 54.6 Å². The fourth-order valence-electron chi connectivity index (χ4n) is 4.49. The van der Waals surface area contributed by atoms with Gasteiger partial charge in [-0.1, -0.05) is 42.5 Å². The Kier molecular flexibility index (Phi) is 6.30. The smallest absolute Gasteiger partial charge is 0.322 e. The molecule has 2 N–H and O–H groups in total. The average Bonchev–Trinajstić information content (AvgIpc) is 3.06. The summed E-state index contributed by atoms with van der Waals surface area (Å²) in [7, 11) is -3.80. The van der Waals surface area contributed by atoms with Gasteiger partial charge in [0.25, 0.3) is 5.91 Å². The van der Waals surface area contributed by atoms with E-state index in [1.54, 1.807) is 12.1 Å². The number of hydrogen-bond acceptors (Lipinski definition) is 4. The van der Waals surface area contributed by atoms with Crippen molar-refractivity contribution in [2.45, 2.75) is 37.1 Å². The summed E-state index contributed by atoms with van der Waals surface area (Å²) >= 11 is 0. The van der Waals surface area contributed by atoms with Crippen molar-refractivity contribution in [2.24, 2.45) is 0 Å². The summed E-state index contributed by atoms with van der Waals surface area (Å²) in [6, 6.07) is 15.1. The summed E-state index contributed by atoms with van der Waals surface area (Å²) < 4.78 is 41.1. The van der Waals surface area contributed by atoms with E-state index in [0.29, 0.717) is 32.4 Å². The maximum absolute atomic E-state index is 13.2. The first kappa shape index (κ1) is 22.4. The van der Waals surface area contributed by atoms with Crippen molar-refractivity contribution in [1.82, 2.24) is 14.9 Å². The number of aryl methyl sites for hydroxylation is 1. The SMILES string of the molecule is O=C1NC(=O)C(CCc2ccccc2)(CS(=O)(=O)N2CCC(c3ccc(F)cc3)CC2)N1. The van der Waals surface area contributed by atoms with Gasteiger partial charge in [-0.3, -0.25) is 10.1 Å². The van der Waals surface area contributed by atoms with E-state index in [0.717, 1.165) is 11.1 Å². The van der Waals surface area contributed by atoms with Crippen molar-refractivity contribution in [1.29, 1.82) is 0 Å². The van der Waals surface area contributed by atoms with E-state index >= 15 is 0 Å². The molecular formula is C23H26FN3O4S. The number of rotatable bonds is 7. The van der Waals surface area contributed by atoms with E-state index in [-0.39, 0.29) is 18.2 Å². The number of halogens is 1. The highest BCUT2D eigenvalue weighted by Crippen LogP contribution is 2.31. The summed E-state index contributed by atoms with van der Waals surface area (Å²) in [4.78, 5) is 24.5. The Morgan fingerprint density at radius 3 is 2.25 bits per heavy atom. The number of imide groups is 1. The van der Waals surface area contributed by atoms with Gasteiger partial charge in [0.1, 0.15) is 11.4 Å². The molecular weight excluding hydrogens is 433 g/mol. The molecule has 7 nitrogen and oxygen atoms in total. The Bertz CT molecular complexity index is 1080. The van der Waals surface area contributed by atoms with Crippen LogP contribution in [0.1, 0.15) is 36.3 Å². The van der Waals surface area contributed by atoms with Crippen LogP contribution < -0.4 is 10.6 Å². The van der Waals surface area contributed by atoms with Crippen LogP contribution in [-0.4, -0.2) is 49.0 Å². The van der Waals surface area contributed by atoms with Gasteiger partial charge in [-0.25, -0.2) is 21.9 Å². The Hall–Kier alpha value is -2.78. The van der Waals surface area contributed by atoms with Crippen LogP contribution in [0.3, 0.4) is 0 Å². The average molecular weight is 460 g/mol. The maximum Gasteiger partial charge on any atom is 0.322 e. The number of nitrogens with one attached hydrogen (secondary N) is 2. The van der Waals surface area contributed by atoms with E-state index in [9.17, 15) is 22.4 Å². The predicted molar refractivity (Wildman–Crippen MR) is 118 cm³/mol. The predicted octanol–water partition coefficient (Wildman–Crippen LogP) is 2.55. The quantitative estimate of drug-likeness (QED) is 0.622. The largest absolute Gasteiger partial charge is 0.322 e. The standard InChI is InChI=1S/C23H26FN3O4S/c24-20-8-6-18(7-9-20)19-11-14-27(15-12-19)32(30,31)16-23(21(28)25-22(29)26-23)13-10-17-4-2-1-3-5-17/h1-9,19H,10-16H2,(H2,25,26,28,29). The first-order chi connectivity index (χ1) is 15.3. The second kappa shape index (κ2) is 8.99. The lowest BCUT2D eigenvalue weighted by Crippen LogP contribution is -2.55. The van der Waals surface area contributed by atoms with Gasteiger partial charge in [0.05, 0.1) is 5.75 Å². The van der Waals surface area contributed by atoms with Gasteiger partial charge < -0.3 is 5.32 Å². The summed E-state index contributed by atoms with van der Waals surface area (Å²) in [5.41, 5.74) is 0.447. The van der Waals surface area contributed by atoms with E-state index in [1.165, 1.54) is 16.4 Å². The minimum absolute atomic E-state index is 0.156. The molecule has 2 aromatic rings. The molecule has 0 saturated carbocycles. The summed E-state index contributed by atoms with van der Waals surface area (Å²) in [5, 5.41) is 4.78. The number of sulfonamides is 1. The first-order valence-electron chi connectivity index (χ1n) is 10.7. The summed E-state index contributed by atoms with van der Waals surface area (Å²) in [5.74, 6) is -1.23. The Morgan fingerprint density at radius 1 is 1.00 bits per heavy atom. The van der Waals surface area contributed by atoms with Crippen molar-refractivity contribution in [3.63, 3.8) is 0 Å². The molecule has 2 aliphatic heterocycles. The molecule has 32 heavy (non-hydrogen) atoms. The first-order valence-corrected chi connectivity index (χ1v) is 12.3. The molecule has 4 rings (SSSR count). The highest BCUT2D eigenvalue weighted by atomic mass is 32.2. The molecule has 0 aromatic heterocycles. The summed E-state index contributed by atoms with van der Waals surface area (Å²) in [6.07, 6.45) is 1.86. The Balaban J connectivity index is 1.45. The molecule has 2 fully saturated rings. The minimum atomic E-state index is -3.80. The van der Waals surface area contributed by atoms with Gasteiger partial charge in [-0.05, 0) is 54.9 Å². The number of piperidine rings is 1. The molecule has 1 atom stereocenters. The molecule has 0 radical (unpaired) electrons. The van der Waals surface area contributed by atoms with Gasteiger partial charge in [0, 0.05) is 13.1 Å². The zero-order chi connectivity index (χ0) is 22.8. The van der Waals surface area contributed by atoms with Crippen LogP contribution in [0.25, 0.3) is 0 Å². The Labute approximate surface area is 187 Å². The van der Waals surface area contributed by atoms with E-state index < -0.39 is 33.3 Å². The van der Waals surface area contributed by atoms with Crippen LogP contribution in [0.4, 0.5) is 9.18 Å². The van der Waals surface area contributed by atoms with Gasteiger partial charge in [0.2, 0.25) is 10.0 Å². The molecule has 3 amide bonds. The van der Waals surface area contributed by atoms with Crippen LogP contribution in [-0.2, 0) is 21.2 Å². The van der Waals surface area contributed by atoms with Crippen molar-refractivity contribution in [2.75, 3.05) is 18.8 Å². The van der Waals surface area contributed by atoms with Gasteiger partial charge in [0.15, 0.2) is 0 Å². The number of hydrogen-bond donors (Lipinski definition) is 2. The molecule has 0 aliphatic carbocycles. The fourth-order valence-corrected chi connectivity index (χ4v) is 6.41. The zero-order valence-corrected chi connectivity index (χ0v) is 18.4. The molecule has 2 aromatic carbocycles. The molecule has 2 saturated heterocycles. The van der Waals surface area contributed by atoms with Crippen molar-refractivity contribution < 1.29 is 22.4 Å². The lowest BCUT2D eigenvalue weighted by molar-refractivity contribution is -0.123. The fraction of sp³-hybridized carbons (Fsp3) is 0.391.